The molecule has 11 heteroatoms. The molecule has 0 aromatic rings. The Kier molecular flexibility index (Phi) is 6.85. The quantitative estimate of drug-likeness (QED) is 0.346. The van der Waals surface area contributed by atoms with Crippen LogP contribution in [0.1, 0.15) is 13.8 Å². The second-order valence-electron chi connectivity index (χ2n) is 3.15. The lowest BCUT2D eigenvalue weighted by atomic mass is 10.4. The van der Waals surface area contributed by atoms with Gasteiger partial charge in [0.2, 0.25) is 0 Å². The third-order valence-corrected chi connectivity index (χ3v) is 1.40. The second-order valence-corrected chi connectivity index (χ2v) is 3.15. The van der Waals surface area contributed by atoms with Crippen LogP contribution in [0.3, 0.4) is 0 Å². The predicted molar refractivity (Wildman–Crippen MR) is 52.4 cm³/mol. The molecule has 0 aliphatic heterocycles. The summed E-state index contributed by atoms with van der Waals surface area (Å²) < 4.78 is 8.89. The minimum absolute atomic E-state index is 0.385. The fourth-order valence-corrected chi connectivity index (χ4v) is 0.767. The van der Waals surface area contributed by atoms with E-state index in [1.54, 1.807) is 0 Å². The van der Waals surface area contributed by atoms with E-state index in [0.29, 0.717) is 0 Å². The molecule has 0 saturated heterocycles. The number of nitrogens with zero attached hydrogens (tertiary/aromatic N) is 2. The van der Waals surface area contributed by atoms with Crippen molar-refractivity contribution in [3.05, 3.63) is 20.2 Å². The molecular formula is C7H12N2O9. The normalized spacial score (nSPS) is 13.0. The molecule has 0 amide bonds. The van der Waals surface area contributed by atoms with Gasteiger partial charge in [0.1, 0.15) is 25.4 Å². The van der Waals surface area contributed by atoms with Crippen LogP contribution in [0.4, 0.5) is 4.79 Å². The Hall–Kier alpha value is -2.33. The molecule has 0 spiro atoms. The summed E-state index contributed by atoms with van der Waals surface area (Å²) in [6, 6.07) is 0. The van der Waals surface area contributed by atoms with Gasteiger partial charge in [0.05, 0.1) is 0 Å². The largest absolute Gasteiger partial charge is 0.508 e. The molecule has 2 atom stereocenters. The summed E-state index contributed by atoms with van der Waals surface area (Å²) in [6.45, 7) is 1.86. The van der Waals surface area contributed by atoms with E-state index in [0.717, 1.165) is 0 Å². The lowest BCUT2D eigenvalue weighted by Gasteiger charge is -2.12. The Bertz CT molecular complexity index is 279. The van der Waals surface area contributed by atoms with Crippen LogP contribution in [0.15, 0.2) is 0 Å². The van der Waals surface area contributed by atoms with Gasteiger partial charge >= 0.3 is 6.16 Å². The van der Waals surface area contributed by atoms with Crippen molar-refractivity contribution in [1.82, 2.24) is 0 Å². The van der Waals surface area contributed by atoms with Crippen molar-refractivity contribution >= 4 is 6.16 Å². The van der Waals surface area contributed by atoms with Crippen molar-refractivity contribution in [3.63, 3.8) is 0 Å². The number of hydrogen-bond donors (Lipinski definition) is 0. The minimum Gasteiger partial charge on any atom is -0.432 e. The van der Waals surface area contributed by atoms with E-state index in [2.05, 4.69) is 19.1 Å². The molecule has 18 heavy (non-hydrogen) atoms. The van der Waals surface area contributed by atoms with Crippen LogP contribution in [0.5, 0.6) is 0 Å². The number of carbonyl (C=O) groups excluding carboxylic acids is 1. The number of hydrogen-bond acceptors (Lipinski definition) is 9. The van der Waals surface area contributed by atoms with Gasteiger partial charge in [-0.1, -0.05) is 0 Å². The lowest BCUT2D eigenvalue weighted by Crippen LogP contribution is -2.25. The first kappa shape index (κ1) is 15.7. The zero-order valence-electron chi connectivity index (χ0n) is 9.64. The van der Waals surface area contributed by atoms with Crippen molar-refractivity contribution in [1.29, 1.82) is 0 Å². The van der Waals surface area contributed by atoms with Crippen LogP contribution in [0.25, 0.3) is 0 Å². The van der Waals surface area contributed by atoms with E-state index in [1.807, 2.05) is 0 Å². The summed E-state index contributed by atoms with van der Waals surface area (Å²) in [5.41, 5.74) is 0. The fourth-order valence-electron chi connectivity index (χ4n) is 0.767. The standard InChI is InChI=1S/C7H12N2O9/c1-5(17-8(11)12)3-15-7(10)16-4-6(2)18-9(13)14/h5-6H,3-4H2,1-2H3. The van der Waals surface area contributed by atoms with E-state index in [-0.39, 0.29) is 13.2 Å². The van der Waals surface area contributed by atoms with Gasteiger partial charge in [-0.2, -0.15) is 0 Å². The Morgan fingerprint density at radius 3 is 1.61 bits per heavy atom. The average molecular weight is 268 g/mol. The molecule has 11 nitrogen and oxygen atoms in total. The fraction of sp³-hybridized carbons (Fsp3) is 0.857. The average Bonchev–Trinajstić information content (AvgIpc) is 2.21. The molecule has 0 rings (SSSR count). The van der Waals surface area contributed by atoms with Gasteiger partial charge < -0.3 is 19.1 Å². The van der Waals surface area contributed by atoms with E-state index in [1.165, 1.54) is 13.8 Å². The molecule has 0 radical (unpaired) electrons. The molecule has 0 fully saturated rings. The van der Waals surface area contributed by atoms with Crippen molar-refractivity contribution < 1.29 is 34.1 Å². The van der Waals surface area contributed by atoms with Crippen LogP contribution in [-0.4, -0.2) is 41.8 Å². The number of rotatable bonds is 8. The van der Waals surface area contributed by atoms with Gasteiger partial charge in [-0.15, -0.1) is 20.2 Å². The highest BCUT2D eigenvalue weighted by molar-refractivity contribution is 5.59. The summed E-state index contributed by atoms with van der Waals surface area (Å²) in [6.07, 6.45) is -3.02. The zero-order valence-corrected chi connectivity index (χ0v) is 9.64. The van der Waals surface area contributed by atoms with E-state index >= 15 is 0 Å². The van der Waals surface area contributed by atoms with Crippen LogP contribution in [0.2, 0.25) is 0 Å². The van der Waals surface area contributed by atoms with Gasteiger partial charge in [-0.3, -0.25) is 0 Å². The molecule has 0 aromatic carbocycles. The zero-order chi connectivity index (χ0) is 14.1. The third-order valence-electron chi connectivity index (χ3n) is 1.40. The molecule has 0 bridgehead atoms. The Balaban J connectivity index is 3.71. The van der Waals surface area contributed by atoms with E-state index in [4.69, 9.17) is 0 Å². The third kappa shape index (κ3) is 8.94. The second kappa shape index (κ2) is 7.86. The molecule has 0 N–H and O–H groups in total. The maximum Gasteiger partial charge on any atom is 0.508 e. The Labute approximate surface area is 101 Å². The Morgan fingerprint density at radius 2 is 1.33 bits per heavy atom. The molecule has 0 saturated carbocycles. The number of ether oxygens (including phenoxy) is 2. The molecule has 0 aliphatic carbocycles. The van der Waals surface area contributed by atoms with Crippen molar-refractivity contribution in [2.75, 3.05) is 13.2 Å². The summed E-state index contributed by atoms with van der Waals surface area (Å²) in [5, 5.41) is 17.8. The molecular weight excluding hydrogens is 256 g/mol. The molecule has 0 aromatic heterocycles. The van der Waals surface area contributed by atoms with Crippen LogP contribution >= 0.6 is 0 Å². The maximum absolute atomic E-state index is 10.9. The summed E-state index contributed by atoms with van der Waals surface area (Å²) >= 11 is 0. The highest BCUT2D eigenvalue weighted by Crippen LogP contribution is 1.97. The first-order valence-electron chi connectivity index (χ1n) is 4.73. The monoisotopic (exact) mass is 268 g/mol. The van der Waals surface area contributed by atoms with Gasteiger partial charge in [-0.25, -0.2) is 4.79 Å². The molecule has 104 valence electrons. The lowest BCUT2D eigenvalue weighted by molar-refractivity contribution is -0.768. The molecule has 0 aliphatic rings. The van der Waals surface area contributed by atoms with Crippen molar-refractivity contribution in [2.45, 2.75) is 26.1 Å². The number of carbonyl (C=O) groups is 1. The molecule has 0 heterocycles. The maximum atomic E-state index is 10.9. The SMILES string of the molecule is CC(COC(=O)OCC(C)O[N+](=O)[O-])O[N+](=O)[O-]. The van der Waals surface area contributed by atoms with Crippen LogP contribution < -0.4 is 0 Å². The summed E-state index contributed by atoms with van der Waals surface area (Å²) in [4.78, 5) is 38.8. The minimum atomic E-state index is -1.13. The van der Waals surface area contributed by atoms with Gasteiger partial charge in [0.15, 0.2) is 0 Å². The highest BCUT2D eigenvalue weighted by atomic mass is 17.0. The van der Waals surface area contributed by atoms with Crippen molar-refractivity contribution in [3.8, 4) is 0 Å². The topological polar surface area (TPSA) is 140 Å². The summed E-state index contributed by atoms with van der Waals surface area (Å²) in [5.74, 6) is 0. The summed E-state index contributed by atoms with van der Waals surface area (Å²) in [7, 11) is 0. The molecule has 2 unspecified atom stereocenters. The van der Waals surface area contributed by atoms with Crippen LogP contribution in [-0.2, 0) is 19.1 Å². The van der Waals surface area contributed by atoms with Crippen molar-refractivity contribution in [2.24, 2.45) is 0 Å². The first-order chi connectivity index (χ1) is 8.31. The van der Waals surface area contributed by atoms with Gasteiger partial charge in [-0.05, 0) is 13.8 Å². The van der Waals surface area contributed by atoms with Gasteiger partial charge in [0, 0.05) is 0 Å². The predicted octanol–water partition coefficient (Wildman–Crippen LogP) is 0.333. The van der Waals surface area contributed by atoms with Gasteiger partial charge in [0.25, 0.3) is 10.2 Å². The highest BCUT2D eigenvalue weighted by Gasteiger charge is 2.14. The first-order valence-corrected chi connectivity index (χ1v) is 4.73. The Morgan fingerprint density at radius 1 is 1.00 bits per heavy atom. The van der Waals surface area contributed by atoms with E-state index < -0.39 is 28.5 Å². The van der Waals surface area contributed by atoms with Crippen LogP contribution in [0, 0.1) is 20.2 Å². The smallest absolute Gasteiger partial charge is 0.432 e. The van der Waals surface area contributed by atoms with E-state index in [9.17, 15) is 25.0 Å².